The van der Waals surface area contributed by atoms with E-state index in [2.05, 4.69) is 39.5 Å². The molecule has 0 spiro atoms. The summed E-state index contributed by atoms with van der Waals surface area (Å²) >= 11 is 0. The average molecular weight is 391 g/mol. The van der Waals surface area contributed by atoms with Gasteiger partial charge in [-0.3, -0.25) is 9.46 Å². The van der Waals surface area contributed by atoms with Gasteiger partial charge in [0, 0.05) is 38.9 Å². The first kappa shape index (κ1) is 22.3. The van der Waals surface area contributed by atoms with E-state index in [4.69, 9.17) is 14.0 Å². The Balaban J connectivity index is 1.91. The third-order valence-electron chi connectivity index (χ3n) is 5.14. The molecule has 2 rings (SSSR count). The van der Waals surface area contributed by atoms with Crippen LogP contribution in [0.25, 0.3) is 0 Å². The van der Waals surface area contributed by atoms with E-state index in [1.165, 1.54) is 0 Å². The van der Waals surface area contributed by atoms with Crippen molar-refractivity contribution < 1.29 is 18.6 Å². The highest BCUT2D eigenvalue weighted by Crippen LogP contribution is 2.48. The summed E-state index contributed by atoms with van der Waals surface area (Å²) in [7, 11) is -2.86. The second kappa shape index (κ2) is 9.49. The Hall–Kier alpha value is 0.0300. The predicted octanol–water partition coefficient (Wildman–Crippen LogP) is 3.46. The van der Waals surface area contributed by atoms with E-state index >= 15 is 0 Å². The van der Waals surface area contributed by atoms with Crippen molar-refractivity contribution in [1.82, 2.24) is 9.57 Å². The van der Waals surface area contributed by atoms with Crippen molar-refractivity contribution in [1.29, 1.82) is 0 Å². The van der Waals surface area contributed by atoms with E-state index in [1.807, 2.05) is 11.6 Å². The van der Waals surface area contributed by atoms with Gasteiger partial charge in [-0.1, -0.05) is 13.8 Å². The summed E-state index contributed by atoms with van der Waals surface area (Å²) in [6, 6.07) is 0.481. The summed E-state index contributed by atoms with van der Waals surface area (Å²) < 4.78 is 33.3. The SMILES string of the molecule is CC(C)CC1CN(P(C)(=O)OCC2CN(C(C)C)CC(C)O2)CC(C)O1. The Morgan fingerprint density at radius 2 is 1.62 bits per heavy atom. The van der Waals surface area contributed by atoms with Gasteiger partial charge in [-0.15, -0.1) is 0 Å². The van der Waals surface area contributed by atoms with Gasteiger partial charge in [0.15, 0.2) is 0 Å². The first-order valence-corrected chi connectivity index (χ1v) is 12.1. The topological polar surface area (TPSA) is 51.2 Å². The number of nitrogens with zero attached hydrogens (tertiary/aromatic N) is 2. The zero-order valence-electron chi connectivity index (χ0n) is 17.7. The minimum absolute atomic E-state index is 0.0284. The maximum Gasteiger partial charge on any atom is 0.269 e. The molecular weight excluding hydrogens is 351 g/mol. The van der Waals surface area contributed by atoms with Gasteiger partial charge < -0.3 is 14.0 Å². The lowest BCUT2D eigenvalue weighted by Crippen LogP contribution is -2.51. The summed E-state index contributed by atoms with van der Waals surface area (Å²) in [5.41, 5.74) is 0. The van der Waals surface area contributed by atoms with Gasteiger partial charge in [-0.25, -0.2) is 4.67 Å². The number of morpholine rings is 2. The molecule has 0 radical (unpaired) electrons. The predicted molar refractivity (Wildman–Crippen MR) is 106 cm³/mol. The molecule has 154 valence electrons. The van der Waals surface area contributed by atoms with Crippen LogP contribution in [0.1, 0.15) is 48.0 Å². The molecule has 26 heavy (non-hydrogen) atoms. The molecule has 2 heterocycles. The molecule has 0 aromatic heterocycles. The van der Waals surface area contributed by atoms with Crippen LogP contribution in [0.2, 0.25) is 0 Å². The van der Waals surface area contributed by atoms with E-state index in [-0.39, 0.29) is 24.4 Å². The second-order valence-corrected chi connectivity index (χ2v) is 11.2. The third kappa shape index (κ3) is 6.57. The van der Waals surface area contributed by atoms with Crippen molar-refractivity contribution in [3.8, 4) is 0 Å². The van der Waals surface area contributed by atoms with Gasteiger partial charge in [0.1, 0.15) is 0 Å². The lowest BCUT2D eigenvalue weighted by molar-refractivity contribution is -0.101. The van der Waals surface area contributed by atoms with E-state index in [0.29, 0.717) is 31.7 Å². The van der Waals surface area contributed by atoms with Crippen molar-refractivity contribution in [2.75, 3.05) is 39.5 Å². The molecule has 0 N–H and O–H groups in total. The lowest BCUT2D eigenvalue weighted by Gasteiger charge is -2.41. The van der Waals surface area contributed by atoms with Crippen LogP contribution in [0.4, 0.5) is 0 Å². The largest absolute Gasteiger partial charge is 0.373 e. The molecule has 0 saturated carbocycles. The molecule has 2 aliphatic heterocycles. The fourth-order valence-electron chi connectivity index (χ4n) is 3.87. The first-order valence-electron chi connectivity index (χ1n) is 10.1. The number of ether oxygens (including phenoxy) is 2. The standard InChI is InChI=1S/C19H39N2O4P/c1-14(2)8-18-12-21(10-17(6)24-18)26(7,22)23-13-19-11-20(15(3)4)9-16(5)25-19/h14-19H,8-13H2,1-7H3. The molecule has 2 aliphatic rings. The molecule has 7 heteroatoms. The molecule has 0 aromatic carbocycles. The zero-order valence-corrected chi connectivity index (χ0v) is 18.6. The Labute approximate surface area is 160 Å². The van der Waals surface area contributed by atoms with Crippen LogP contribution in [0.3, 0.4) is 0 Å². The Morgan fingerprint density at radius 3 is 2.23 bits per heavy atom. The number of hydrogen-bond acceptors (Lipinski definition) is 5. The fourth-order valence-corrected chi connectivity index (χ4v) is 5.48. The molecule has 5 unspecified atom stereocenters. The summed E-state index contributed by atoms with van der Waals surface area (Å²) in [4.78, 5) is 2.40. The Morgan fingerprint density at radius 1 is 1.00 bits per heavy atom. The smallest absolute Gasteiger partial charge is 0.269 e. The van der Waals surface area contributed by atoms with Crippen LogP contribution in [-0.4, -0.2) is 79.5 Å². The maximum absolute atomic E-state index is 13.3. The minimum atomic E-state index is -2.86. The first-order chi connectivity index (χ1) is 12.1. The monoisotopic (exact) mass is 390 g/mol. The van der Waals surface area contributed by atoms with Crippen LogP contribution in [0.15, 0.2) is 0 Å². The van der Waals surface area contributed by atoms with Gasteiger partial charge in [0.2, 0.25) is 0 Å². The van der Waals surface area contributed by atoms with Gasteiger partial charge in [0.25, 0.3) is 7.52 Å². The highest BCUT2D eigenvalue weighted by atomic mass is 31.2. The van der Waals surface area contributed by atoms with E-state index < -0.39 is 7.52 Å². The fraction of sp³-hybridized carbons (Fsp3) is 1.00. The second-order valence-electron chi connectivity index (χ2n) is 8.78. The third-order valence-corrected chi connectivity index (χ3v) is 7.12. The van der Waals surface area contributed by atoms with Crippen LogP contribution < -0.4 is 0 Å². The quantitative estimate of drug-likeness (QED) is 0.621. The van der Waals surface area contributed by atoms with Crippen molar-refractivity contribution >= 4 is 7.52 Å². The van der Waals surface area contributed by atoms with E-state index in [9.17, 15) is 4.57 Å². The Kier molecular flexibility index (Phi) is 8.15. The highest BCUT2D eigenvalue weighted by molar-refractivity contribution is 7.55. The minimum Gasteiger partial charge on any atom is -0.373 e. The molecule has 0 aliphatic carbocycles. The van der Waals surface area contributed by atoms with Crippen LogP contribution in [0, 0.1) is 5.92 Å². The summed E-state index contributed by atoms with van der Waals surface area (Å²) in [6.45, 7) is 18.1. The lowest BCUT2D eigenvalue weighted by atomic mass is 10.0. The number of hydrogen-bond donors (Lipinski definition) is 0. The van der Waals surface area contributed by atoms with Crippen LogP contribution >= 0.6 is 7.52 Å². The van der Waals surface area contributed by atoms with Crippen LogP contribution in [0.5, 0.6) is 0 Å². The average Bonchev–Trinajstić information content (AvgIpc) is 2.51. The van der Waals surface area contributed by atoms with E-state index in [0.717, 1.165) is 19.5 Å². The zero-order chi connectivity index (χ0) is 19.5. The maximum atomic E-state index is 13.3. The summed E-state index contributed by atoms with van der Waals surface area (Å²) in [5, 5.41) is 0. The Bertz CT molecular complexity index is 486. The van der Waals surface area contributed by atoms with Gasteiger partial charge in [-0.05, 0) is 40.0 Å². The van der Waals surface area contributed by atoms with Gasteiger partial charge in [0.05, 0.1) is 31.0 Å². The highest BCUT2D eigenvalue weighted by Gasteiger charge is 2.36. The normalized spacial score (nSPS) is 34.3. The van der Waals surface area contributed by atoms with Crippen LogP contribution in [-0.2, 0) is 18.6 Å². The van der Waals surface area contributed by atoms with Crippen molar-refractivity contribution in [2.24, 2.45) is 5.92 Å². The molecule has 0 amide bonds. The van der Waals surface area contributed by atoms with Gasteiger partial charge >= 0.3 is 0 Å². The summed E-state index contributed by atoms with van der Waals surface area (Å²) in [5.74, 6) is 0.559. The molecular formula is C19H39N2O4P. The van der Waals surface area contributed by atoms with Gasteiger partial charge in [-0.2, -0.15) is 0 Å². The molecule has 2 saturated heterocycles. The molecule has 6 nitrogen and oxygen atoms in total. The molecule has 0 aromatic rings. The number of rotatable bonds is 7. The van der Waals surface area contributed by atoms with E-state index in [1.54, 1.807) is 6.66 Å². The molecule has 5 atom stereocenters. The van der Waals surface area contributed by atoms with Crippen molar-refractivity contribution in [3.05, 3.63) is 0 Å². The summed E-state index contributed by atoms with van der Waals surface area (Å²) in [6.07, 6.45) is 1.33. The van der Waals surface area contributed by atoms with Crippen molar-refractivity contribution in [3.63, 3.8) is 0 Å². The van der Waals surface area contributed by atoms with Crippen molar-refractivity contribution in [2.45, 2.75) is 78.4 Å². The molecule has 2 fully saturated rings. The molecule has 0 bridgehead atoms.